The van der Waals surface area contributed by atoms with Crippen LogP contribution < -0.4 is 16.6 Å². The fraction of sp³-hybridized carbons (Fsp3) is 0.733. The molecule has 110 valence electrons. The van der Waals surface area contributed by atoms with Gasteiger partial charge in [-0.25, -0.2) is 15.8 Å². The summed E-state index contributed by atoms with van der Waals surface area (Å²) in [5.74, 6) is 8.82. The second kappa shape index (κ2) is 5.95. The van der Waals surface area contributed by atoms with Gasteiger partial charge in [-0.3, -0.25) is 0 Å². The molecular formula is C15H25N5. The van der Waals surface area contributed by atoms with Crippen LogP contribution in [-0.4, -0.2) is 16.0 Å². The molecule has 5 heteroatoms. The molecule has 4 N–H and O–H groups in total. The van der Waals surface area contributed by atoms with Crippen molar-refractivity contribution in [3.05, 3.63) is 11.4 Å². The SMILES string of the molecule is Cc1c(NN)nc(C2CC2)nc1NC1CCCCCC1. The second-order valence-corrected chi connectivity index (χ2v) is 6.16. The first kappa shape index (κ1) is 13.6. The van der Waals surface area contributed by atoms with E-state index >= 15 is 0 Å². The van der Waals surface area contributed by atoms with Gasteiger partial charge in [-0.1, -0.05) is 25.7 Å². The summed E-state index contributed by atoms with van der Waals surface area (Å²) in [6.07, 6.45) is 10.3. The standard InChI is InChI=1S/C15H25N5/c1-10-13(17-12-6-4-2-3-5-7-12)18-15(11-8-9-11)19-14(10)20-16/h11-12H,2-9,16H2,1H3,(H2,17,18,19,20). The van der Waals surface area contributed by atoms with Gasteiger partial charge in [0.15, 0.2) is 0 Å². The zero-order valence-corrected chi connectivity index (χ0v) is 12.3. The summed E-state index contributed by atoms with van der Waals surface area (Å²) in [7, 11) is 0. The molecule has 3 rings (SSSR count). The van der Waals surface area contributed by atoms with E-state index in [9.17, 15) is 0 Å². The lowest BCUT2D eigenvalue weighted by Crippen LogP contribution is -2.22. The van der Waals surface area contributed by atoms with Gasteiger partial charge in [-0.05, 0) is 32.6 Å². The number of nitrogens with one attached hydrogen (secondary N) is 2. The summed E-state index contributed by atoms with van der Waals surface area (Å²) in [6, 6.07) is 0.545. The van der Waals surface area contributed by atoms with Crippen LogP contribution in [0.3, 0.4) is 0 Å². The minimum Gasteiger partial charge on any atom is -0.367 e. The molecule has 0 aromatic carbocycles. The minimum atomic E-state index is 0.539. The lowest BCUT2D eigenvalue weighted by atomic mass is 10.1. The van der Waals surface area contributed by atoms with E-state index in [2.05, 4.69) is 15.7 Å². The molecule has 1 aromatic heterocycles. The molecule has 0 saturated heterocycles. The number of aromatic nitrogens is 2. The minimum absolute atomic E-state index is 0.539. The number of rotatable bonds is 4. The molecule has 0 atom stereocenters. The number of anilines is 2. The van der Waals surface area contributed by atoms with Crippen molar-refractivity contribution >= 4 is 11.6 Å². The summed E-state index contributed by atoms with van der Waals surface area (Å²) in [4.78, 5) is 9.29. The van der Waals surface area contributed by atoms with Crippen molar-refractivity contribution in [3.63, 3.8) is 0 Å². The van der Waals surface area contributed by atoms with Gasteiger partial charge in [-0.15, -0.1) is 0 Å². The monoisotopic (exact) mass is 275 g/mol. The predicted molar refractivity (Wildman–Crippen MR) is 81.7 cm³/mol. The molecular weight excluding hydrogens is 250 g/mol. The number of nitrogens with zero attached hydrogens (tertiary/aromatic N) is 2. The molecule has 0 spiro atoms. The highest BCUT2D eigenvalue weighted by Crippen LogP contribution is 2.39. The van der Waals surface area contributed by atoms with Gasteiger partial charge in [0.2, 0.25) is 0 Å². The maximum atomic E-state index is 5.60. The van der Waals surface area contributed by atoms with E-state index in [1.54, 1.807) is 0 Å². The Morgan fingerprint density at radius 2 is 1.60 bits per heavy atom. The topological polar surface area (TPSA) is 75.9 Å². The van der Waals surface area contributed by atoms with Crippen molar-refractivity contribution in [1.82, 2.24) is 9.97 Å². The van der Waals surface area contributed by atoms with Crippen molar-refractivity contribution in [2.24, 2.45) is 5.84 Å². The van der Waals surface area contributed by atoms with Gasteiger partial charge >= 0.3 is 0 Å². The first-order valence-corrected chi connectivity index (χ1v) is 7.89. The molecule has 20 heavy (non-hydrogen) atoms. The Hall–Kier alpha value is -1.36. The highest BCUT2D eigenvalue weighted by molar-refractivity contribution is 5.57. The summed E-state index contributed by atoms with van der Waals surface area (Å²) in [6.45, 7) is 2.03. The molecule has 2 fully saturated rings. The smallest absolute Gasteiger partial charge is 0.148 e. The first-order valence-electron chi connectivity index (χ1n) is 7.89. The van der Waals surface area contributed by atoms with E-state index in [4.69, 9.17) is 10.8 Å². The Balaban J connectivity index is 1.81. The summed E-state index contributed by atoms with van der Waals surface area (Å²) in [5.41, 5.74) is 3.75. The van der Waals surface area contributed by atoms with Crippen LogP contribution in [0.15, 0.2) is 0 Å². The Morgan fingerprint density at radius 1 is 0.950 bits per heavy atom. The zero-order chi connectivity index (χ0) is 13.9. The van der Waals surface area contributed by atoms with Crippen molar-refractivity contribution in [2.45, 2.75) is 70.3 Å². The third-order valence-electron chi connectivity index (χ3n) is 4.44. The normalized spacial score (nSPS) is 20.5. The number of nitrogen functional groups attached to an aromatic ring is 1. The Bertz CT molecular complexity index is 462. The average molecular weight is 275 g/mol. The molecule has 2 aliphatic carbocycles. The molecule has 0 amide bonds. The summed E-state index contributed by atoms with van der Waals surface area (Å²) < 4.78 is 0. The quantitative estimate of drug-likeness (QED) is 0.447. The van der Waals surface area contributed by atoms with E-state index in [1.165, 1.54) is 51.4 Å². The summed E-state index contributed by atoms with van der Waals surface area (Å²) in [5, 5.41) is 3.64. The van der Waals surface area contributed by atoms with Crippen molar-refractivity contribution in [1.29, 1.82) is 0 Å². The highest BCUT2D eigenvalue weighted by atomic mass is 15.3. The summed E-state index contributed by atoms with van der Waals surface area (Å²) >= 11 is 0. The number of hydrogen-bond donors (Lipinski definition) is 3. The van der Waals surface area contributed by atoms with E-state index in [-0.39, 0.29) is 0 Å². The maximum Gasteiger partial charge on any atom is 0.148 e. The van der Waals surface area contributed by atoms with Crippen molar-refractivity contribution in [2.75, 3.05) is 10.7 Å². The van der Waals surface area contributed by atoms with Gasteiger partial charge in [0, 0.05) is 17.5 Å². The second-order valence-electron chi connectivity index (χ2n) is 6.16. The van der Waals surface area contributed by atoms with E-state index in [0.717, 1.165) is 23.0 Å². The largest absolute Gasteiger partial charge is 0.367 e. The first-order chi connectivity index (χ1) is 9.78. The van der Waals surface area contributed by atoms with Gasteiger partial charge in [0.05, 0.1) is 0 Å². The van der Waals surface area contributed by atoms with E-state index in [0.29, 0.717) is 12.0 Å². The van der Waals surface area contributed by atoms with Crippen LogP contribution in [0, 0.1) is 6.92 Å². The van der Waals surface area contributed by atoms with Crippen molar-refractivity contribution < 1.29 is 0 Å². The highest BCUT2D eigenvalue weighted by Gasteiger charge is 2.28. The molecule has 0 radical (unpaired) electrons. The molecule has 5 nitrogen and oxygen atoms in total. The van der Waals surface area contributed by atoms with Crippen LogP contribution in [0.4, 0.5) is 11.6 Å². The fourth-order valence-electron chi connectivity index (χ4n) is 2.96. The molecule has 1 aromatic rings. The maximum absolute atomic E-state index is 5.60. The molecule has 1 heterocycles. The predicted octanol–water partition coefficient (Wildman–Crippen LogP) is 3.08. The lowest BCUT2D eigenvalue weighted by Gasteiger charge is -2.20. The van der Waals surface area contributed by atoms with Gasteiger partial charge < -0.3 is 10.7 Å². The molecule has 0 bridgehead atoms. The molecule has 0 aliphatic heterocycles. The van der Waals surface area contributed by atoms with Crippen LogP contribution in [0.2, 0.25) is 0 Å². The third kappa shape index (κ3) is 3.03. The van der Waals surface area contributed by atoms with E-state index in [1.807, 2.05) is 6.92 Å². The van der Waals surface area contributed by atoms with Gasteiger partial charge in [0.1, 0.15) is 17.5 Å². The number of nitrogens with two attached hydrogens (primary N) is 1. The van der Waals surface area contributed by atoms with Crippen LogP contribution in [0.1, 0.15) is 68.7 Å². The Kier molecular flexibility index (Phi) is 4.05. The van der Waals surface area contributed by atoms with Crippen LogP contribution in [-0.2, 0) is 0 Å². The number of hydrazine groups is 1. The number of hydrogen-bond acceptors (Lipinski definition) is 5. The molecule has 2 saturated carbocycles. The fourth-order valence-corrected chi connectivity index (χ4v) is 2.96. The Labute approximate surface area is 120 Å². The average Bonchev–Trinajstić information content (AvgIpc) is 3.27. The Morgan fingerprint density at radius 3 is 2.20 bits per heavy atom. The van der Waals surface area contributed by atoms with E-state index < -0.39 is 0 Å². The van der Waals surface area contributed by atoms with Gasteiger partial charge in [-0.2, -0.15) is 0 Å². The third-order valence-corrected chi connectivity index (χ3v) is 4.44. The van der Waals surface area contributed by atoms with Crippen LogP contribution >= 0.6 is 0 Å². The zero-order valence-electron chi connectivity index (χ0n) is 12.3. The van der Waals surface area contributed by atoms with Crippen molar-refractivity contribution in [3.8, 4) is 0 Å². The molecule has 2 aliphatic rings. The molecule has 0 unspecified atom stereocenters. The van der Waals surface area contributed by atoms with Gasteiger partial charge in [0.25, 0.3) is 0 Å². The van der Waals surface area contributed by atoms with Crippen LogP contribution in [0.5, 0.6) is 0 Å². The lowest BCUT2D eigenvalue weighted by molar-refractivity contribution is 0.616. The van der Waals surface area contributed by atoms with Crippen LogP contribution in [0.25, 0.3) is 0 Å².